The normalized spacial score (nSPS) is 11.6. The van der Waals surface area contributed by atoms with E-state index in [0.717, 1.165) is 11.3 Å². The largest absolute Gasteiger partial charge is 0.298 e. The second kappa shape index (κ2) is 7.26. The van der Waals surface area contributed by atoms with Gasteiger partial charge in [0.2, 0.25) is 10.0 Å². The monoisotopic (exact) mass is 379 g/mol. The molecule has 130 valence electrons. The van der Waals surface area contributed by atoms with Crippen LogP contribution in [0, 0.1) is 5.82 Å². The van der Waals surface area contributed by atoms with Crippen LogP contribution in [0.4, 0.5) is 4.39 Å². The smallest absolute Gasteiger partial charge is 0.253 e. The van der Waals surface area contributed by atoms with Crippen LogP contribution in [0.5, 0.6) is 0 Å². The van der Waals surface area contributed by atoms with Crippen molar-refractivity contribution in [3.8, 4) is 11.3 Å². The lowest BCUT2D eigenvalue weighted by molar-refractivity contribution is 0.570. The molecule has 0 fully saturated rings. The van der Waals surface area contributed by atoms with Crippen molar-refractivity contribution in [2.75, 3.05) is 6.54 Å². The van der Waals surface area contributed by atoms with Gasteiger partial charge in [0, 0.05) is 24.7 Å². The van der Waals surface area contributed by atoms with Gasteiger partial charge in [0.15, 0.2) is 0 Å². The van der Waals surface area contributed by atoms with Gasteiger partial charge in [0.05, 0.1) is 12.0 Å². The average Bonchev–Trinajstić information content (AvgIpc) is 3.12. The van der Waals surface area contributed by atoms with Crippen LogP contribution < -0.4 is 10.3 Å². The van der Waals surface area contributed by atoms with E-state index in [0.29, 0.717) is 11.3 Å². The first-order chi connectivity index (χ1) is 12.0. The van der Waals surface area contributed by atoms with Gasteiger partial charge in [0.1, 0.15) is 10.0 Å². The van der Waals surface area contributed by atoms with Crippen LogP contribution in [-0.4, -0.2) is 24.5 Å². The zero-order chi connectivity index (χ0) is 17.9. The molecule has 1 aromatic carbocycles. The van der Waals surface area contributed by atoms with Crippen molar-refractivity contribution in [1.29, 1.82) is 0 Å². The Morgan fingerprint density at radius 3 is 2.60 bits per heavy atom. The minimum Gasteiger partial charge on any atom is -0.298 e. The Morgan fingerprint density at radius 2 is 1.96 bits per heavy atom. The van der Waals surface area contributed by atoms with Gasteiger partial charge in [-0.05, 0) is 35.7 Å². The molecular weight excluding hydrogens is 365 g/mol. The Labute approximate surface area is 147 Å². The van der Waals surface area contributed by atoms with E-state index >= 15 is 0 Å². The number of rotatable bonds is 6. The molecule has 0 aliphatic heterocycles. The third-order valence-electron chi connectivity index (χ3n) is 3.42. The summed E-state index contributed by atoms with van der Waals surface area (Å²) < 4.78 is 40.9. The fourth-order valence-corrected chi connectivity index (χ4v) is 4.22. The molecule has 3 aromatic rings. The highest BCUT2D eigenvalue weighted by molar-refractivity contribution is 7.91. The van der Waals surface area contributed by atoms with Crippen molar-refractivity contribution in [2.45, 2.75) is 10.8 Å². The number of thiophene rings is 1. The highest BCUT2D eigenvalue weighted by Gasteiger charge is 2.14. The molecule has 6 nitrogen and oxygen atoms in total. The van der Waals surface area contributed by atoms with E-state index < -0.39 is 10.0 Å². The summed E-state index contributed by atoms with van der Waals surface area (Å²) in [5.41, 5.74) is 0.745. The summed E-state index contributed by atoms with van der Waals surface area (Å²) in [6.45, 7) is 0.220. The number of benzene rings is 1. The van der Waals surface area contributed by atoms with Crippen molar-refractivity contribution < 1.29 is 12.8 Å². The Balaban J connectivity index is 1.68. The molecule has 1 N–H and O–H groups in total. The second-order valence-corrected chi connectivity index (χ2v) is 8.08. The Bertz CT molecular complexity index is 1010. The number of halogens is 1. The second-order valence-electron chi connectivity index (χ2n) is 5.14. The van der Waals surface area contributed by atoms with Crippen LogP contribution in [0.1, 0.15) is 0 Å². The van der Waals surface area contributed by atoms with Crippen molar-refractivity contribution in [1.82, 2.24) is 14.3 Å². The number of hydrogen-bond donors (Lipinski definition) is 1. The van der Waals surface area contributed by atoms with Crippen molar-refractivity contribution in [2.24, 2.45) is 0 Å². The molecule has 2 heterocycles. The lowest BCUT2D eigenvalue weighted by atomic mass is 10.1. The third kappa shape index (κ3) is 4.19. The number of sulfonamides is 1. The summed E-state index contributed by atoms with van der Waals surface area (Å²) in [6, 6.07) is 10.2. The predicted octanol–water partition coefficient (Wildman–Crippen LogP) is 2.09. The van der Waals surface area contributed by atoms with Crippen LogP contribution in [-0.2, 0) is 16.6 Å². The van der Waals surface area contributed by atoms with Crippen LogP contribution in [0.3, 0.4) is 0 Å². The highest BCUT2D eigenvalue weighted by Crippen LogP contribution is 2.16. The van der Waals surface area contributed by atoms with Gasteiger partial charge >= 0.3 is 0 Å². The van der Waals surface area contributed by atoms with E-state index in [1.807, 2.05) is 0 Å². The number of aromatic nitrogens is 2. The quantitative estimate of drug-likeness (QED) is 0.711. The molecule has 0 atom stereocenters. The molecule has 0 aliphatic carbocycles. The molecule has 0 saturated heterocycles. The maximum Gasteiger partial charge on any atom is 0.253 e. The molecule has 3 rings (SSSR count). The Hall–Kier alpha value is -2.36. The van der Waals surface area contributed by atoms with E-state index in [1.165, 1.54) is 47.3 Å². The van der Waals surface area contributed by atoms with Crippen molar-refractivity contribution >= 4 is 21.4 Å². The Kier molecular flexibility index (Phi) is 5.07. The van der Waals surface area contributed by atoms with Crippen LogP contribution >= 0.6 is 11.3 Å². The van der Waals surface area contributed by atoms with Gasteiger partial charge in [-0.25, -0.2) is 22.5 Å². The summed E-state index contributed by atoms with van der Waals surface area (Å²) in [4.78, 5) is 16.3. The molecule has 9 heteroatoms. The molecule has 0 bridgehead atoms. The fourth-order valence-electron chi connectivity index (χ4n) is 2.16. The molecule has 2 aromatic heterocycles. The fraction of sp³-hybridized carbons (Fsp3) is 0.125. The van der Waals surface area contributed by atoms with Gasteiger partial charge in [-0.2, -0.15) is 0 Å². The highest BCUT2D eigenvalue weighted by atomic mass is 32.2. The molecule has 0 radical (unpaired) electrons. The Morgan fingerprint density at radius 1 is 1.20 bits per heavy atom. The summed E-state index contributed by atoms with van der Waals surface area (Å²) in [7, 11) is -3.56. The van der Waals surface area contributed by atoms with Gasteiger partial charge < -0.3 is 0 Å². The molecule has 0 amide bonds. The van der Waals surface area contributed by atoms with Crippen LogP contribution in [0.25, 0.3) is 11.3 Å². The third-order valence-corrected chi connectivity index (χ3v) is 6.28. The van der Waals surface area contributed by atoms with Crippen LogP contribution in [0.15, 0.2) is 63.2 Å². The predicted molar refractivity (Wildman–Crippen MR) is 93.4 cm³/mol. The van der Waals surface area contributed by atoms with E-state index in [2.05, 4.69) is 9.71 Å². The maximum atomic E-state index is 12.9. The number of nitrogens with one attached hydrogen (secondary N) is 1. The standard InChI is InChI=1S/C16H14FN3O3S2/c17-13-5-3-12(4-6-13)14-10-15(21)20(11-18-14)8-7-19-25(22,23)16-2-1-9-24-16/h1-6,9-11,19H,7-8H2. The van der Waals surface area contributed by atoms with Gasteiger partial charge in [-0.1, -0.05) is 6.07 Å². The molecular formula is C16H14FN3O3S2. The average molecular weight is 379 g/mol. The van der Waals surface area contributed by atoms with E-state index in [9.17, 15) is 17.6 Å². The lowest BCUT2D eigenvalue weighted by Gasteiger charge is -2.08. The van der Waals surface area contributed by atoms with E-state index in [-0.39, 0.29) is 28.7 Å². The van der Waals surface area contributed by atoms with Gasteiger partial charge in [0.25, 0.3) is 5.56 Å². The maximum absolute atomic E-state index is 12.9. The molecule has 0 unspecified atom stereocenters. The molecule has 0 spiro atoms. The van der Waals surface area contributed by atoms with Gasteiger partial charge in [-0.15, -0.1) is 11.3 Å². The first-order valence-electron chi connectivity index (χ1n) is 7.31. The molecule has 0 saturated carbocycles. The lowest BCUT2D eigenvalue weighted by Crippen LogP contribution is -2.30. The van der Waals surface area contributed by atoms with E-state index in [4.69, 9.17) is 0 Å². The SMILES string of the molecule is O=c1cc(-c2ccc(F)cc2)ncn1CCNS(=O)(=O)c1cccs1. The van der Waals surface area contributed by atoms with Crippen molar-refractivity contribution in [3.05, 3.63) is 70.3 Å². The summed E-state index contributed by atoms with van der Waals surface area (Å²) in [5, 5.41) is 1.68. The summed E-state index contributed by atoms with van der Waals surface area (Å²) >= 11 is 1.12. The number of nitrogens with zero attached hydrogens (tertiary/aromatic N) is 2. The van der Waals surface area contributed by atoms with Crippen molar-refractivity contribution in [3.63, 3.8) is 0 Å². The molecule has 0 aliphatic rings. The van der Waals surface area contributed by atoms with Gasteiger partial charge in [-0.3, -0.25) is 9.36 Å². The minimum atomic E-state index is -3.56. The topological polar surface area (TPSA) is 81.1 Å². The zero-order valence-electron chi connectivity index (χ0n) is 12.9. The summed E-state index contributed by atoms with van der Waals surface area (Å²) in [6.07, 6.45) is 1.35. The van der Waals surface area contributed by atoms with E-state index in [1.54, 1.807) is 11.4 Å². The first kappa shape index (κ1) is 17.5. The van der Waals surface area contributed by atoms with Crippen LogP contribution in [0.2, 0.25) is 0 Å². The molecule has 25 heavy (non-hydrogen) atoms. The first-order valence-corrected chi connectivity index (χ1v) is 9.67. The minimum absolute atomic E-state index is 0.0672. The number of hydrogen-bond acceptors (Lipinski definition) is 5. The summed E-state index contributed by atoms with van der Waals surface area (Å²) in [5.74, 6) is -0.366. The zero-order valence-corrected chi connectivity index (χ0v) is 14.6.